The minimum absolute atomic E-state index is 0.132. The first-order valence-electron chi connectivity index (χ1n) is 4.99. The Hall–Kier alpha value is -0.930. The molecule has 1 rings (SSSR count). The van der Waals surface area contributed by atoms with Crippen LogP contribution in [-0.2, 0) is 0 Å². The van der Waals surface area contributed by atoms with Crippen LogP contribution in [0.1, 0.15) is 20.3 Å². The highest BCUT2D eigenvalue weighted by atomic mass is 35.5. The molecule has 0 amide bonds. The molecule has 1 aromatic carbocycles. The summed E-state index contributed by atoms with van der Waals surface area (Å²) < 4.78 is 0. The molecule has 0 bridgehead atoms. The zero-order chi connectivity index (χ0) is 11.4. The molecule has 84 valence electrons. The van der Waals surface area contributed by atoms with Gasteiger partial charge in [-0.1, -0.05) is 17.7 Å². The smallest absolute Gasteiger partial charge is 0.0765 e. The lowest BCUT2D eigenvalue weighted by Gasteiger charge is -2.18. The number of aliphatic hydroxyl groups is 1. The Morgan fingerprint density at radius 2 is 2.13 bits per heavy atom. The minimum Gasteiger partial charge on any atom is -0.397 e. The topological polar surface area (TPSA) is 58.3 Å². The fraction of sp³-hybridized carbons (Fsp3) is 0.455. The van der Waals surface area contributed by atoms with Crippen LogP contribution in [0.15, 0.2) is 18.2 Å². The van der Waals surface area contributed by atoms with Crippen molar-refractivity contribution < 1.29 is 5.11 Å². The van der Waals surface area contributed by atoms with Crippen molar-refractivity contribution in [2.45, 2.75) is 32.4 Å². The molecular weight excluding hydrogens is 212 g/mol. The Bertz CT molecular complexity index is 308. The number of nitrogens with two attached hydrogens (primary N) is 1. The number of para-hydroxylation sites is 1. The standard InChI is InChI=1S/C11H17ClN2O/c1-7(6-8(2)15)14-11-9(12)4-3-5-10(11)13/h3-5,7-8,14-15H,6,13H2,1-2H3. The van der Waals surface area contributed by atoms with Crippen molar-refractivity contribution in [2.75, 3.05) is 11.1 Å². The summed E-state index contributed by atoms with van der Waals surface area (Å²) >= 11 is 6.01. The molecule has 0 spiro atoms. The predicted octanol–water partition coefficient (Wildman–Crippen LogP) is 2.49. The summed E-state index contributed by atoms with van der Waals surface area (Å²) in [6.45, 7) is 3.74. The number of hydrogen-bond acceptors (Lipinski definition) is 3. The molecule has 0 aliphatic heterocycles. The highest BCUT2D eigenvalue weighted by Gasteiger charge is 2.09. The van der Waals surface area contributed by atoms with Gasteiger partial charge in [-0.3, -0.25) is 0 Å². The second-order valence-corrected chi connectivity index (χ2v) is 4.24. The number of rotatable bonds is 4. The van der Waals surface area contributed by atoms with Crippen molar-refractivity contribution in [3.05, 3.63) is 23.2 Å². The molecule has 0 aliphatic carbocycles. The van der Waals surface area contributed by atoms with Crippen molar-refractivity contribution in [1.29, 1.82) is 0 Å². The fourth-order valence-electron chi connectivity index (χ4n) is 1.51. The van der Waals surface area contributed by atoms with Gasteiger partial charge in [-0.2, -0.15) is 0 Å². The first kappa shape index (κ1) is 12.1. The van der Waals surface area contributed by atoms with Gasteiger partial charge in [-0.25, -0.2) is 0 Å². The molecular formula is C11H17ClN2O. The van der Waals surface area contributed by atoms with Crippen LogP contribution in [-0.4, -0.2) is 17.3 Å². The molecule has 0 heterocycles. The van der Waals surface area contributed by atoms with E-state index in [4.69, 9.17) is 17.3 Å². The summed E-state index contributed by atoms with van der Waals surface area (Å²) in [4.78, 5) is 0. The Labute approximate surface area is 95.2 Å². The van der Waals surface area contributed by atoms with Gasteiger partial charge in [-0.15, -0.1) is 0 Å². The van der Waals surface area contributed by atoms with E-state index in [2.05, 4.69) is 5.32 Å². The van der Waals surface area contributed by atoms with Crippen LogP contribution in [0.3, 0.4) is 0 Å². The summed E-state index contributed by atoms with van der Waals surface area (Å²) in [7, 11) is 0. The van der Waals surface area contributed by atoms with Gasteiger partial charge in [0.1, 0.15) is 0 Å². The van der Waals surface area contributed by atoms with Crippen LogP contribution in [0.4, 0.5) is 11.4 Å². The van der Waals surface area contributed by atoms with Crippen molar-refractivity contribution in [3.63, 3.8) is 0 Å². The number of nitrogens with one attached hydrogen (secondary N) is 1. The van der Waals surface area contributed by atoms with Gasteiger partial charge in [0.25, 0.3) is 0 Å². The lowest BCUT2D eigenvalue weighted by Crippen LogP contribution is -2.21. The van der Waals surface area contributed by atoms with E-state index in [0.717, 1.165) is 5.69 Å². The maximum absolute atomic E-state index is 9.24. The normalized spacial score (nSPS) is 14.7. The molecule has 4 heteroatoms. The zero-order valence-corrected chi connectivity index (χ0v) is 9.75. The Balaban J connectivity index is 2.71. The molecule has 0 saturated carbocycles. The molecule has 2 unspecified atom stereocenters. The Morgan fingerprint density at radius 3 is 2.67 bits per heavy atom. The van der Waals surface area contributed by atoms with E-state index in [9.17, 15) is 5.11 Å². The molecule has 0 aromatic heterocycles. The molecule has 0 aliphatic rings. The Kier molecular flexibility index (Phi) is 4.24. The van der Waals surface area contributed by atoms with E-state index in [1.54, 1.807) is 19.1 Å². The van der Waals surface area contributed by atoms with Crippen molar-refractivity contribution >= 4 is 23.0 Å². The fourth-order valence-corrected chi connectivity index (χ4v) is 1.75. The number of benzene rings is 1. The molecule has 0 saturated heterocycles. The van der Waals surface area contributed by atoms with Crippen LogP contribution in [0.25, 0.3) is 0 Å². The molecule has 1 aromatic rings. The monoisotopic (exact) mass is 228 g/mol. The summed E-state index contributed by atoms with van der Waals surface area (Å²) in [5.74, 6) is 0. The third-order valence-corrected chi connectivity index (χ3v) is 2.45. The van der Waals surface area contributed by atoms with Gasteiger partial charge >= 0.3 is 0 Å². The van der Waals surface area contributed by atoms with E-state index in [1.165, 1.54) is 0 Å². The Morgan fingerprint density at radius 1 is 1.47 bits per heavy atom. The second kappa shape index (κ2) is 5.24. The maximum atomic E-state index is 9.24. The van der Waals surface area contributed by atoms with Gasteiger partial charge < -0.3 is 16.2 Å². The summed E-state index contributed by atoms with van der Waals surface area (Å²) in [5, 5.41) is 13.0. The van der Waals surface area contributed by atoms with E-state index >= 15 is 0 Å². The van der Waals surface area contributed by atoms with Crippen LogP contribution in [0, 0.1) is 0 Å². The average molecular weight is 229 g/mol. The van der Waals surface area contributed by atoms with E-state index in [1.807, 2.05) is 13.0 Å². The van der Waals surface area contributed by atoms with Gasteiger partial charge in [0.2, 0.25) is 0 Å². The SMILES string of the molecule is CC(O)CC(C)Nc1c(N)cccc1Cl. The van der Waals surface area contributed by atoms with Gasteiger partial charge in [0.15, 0.2) is 0 Å². The quantitative estimate of drug-likeness (QED) is 0.694. The third kappa shape index (κ3) is 3.61. The van der Waals surface area contributed by atoms with Crippen molar-refractivity contribution in [2.24, 2.45) is 0 Å². The molecule has 15 heavy (non-hydrogen) atoms. The van der Waals surface area contributed by atoms with Gasteiger partial charge in [0, 0.05) is 6.04 Å². The molecule has 3 nitrogen and oxygen atoms in total. The first-order valence-corrected chi connectivity index (χ1v) is 5.37. The highest BCUT2D eigenvalue weighted by Crippen LogP contribution is 2.28. The summed E-state index contributed by atoms with van der Waals surface area (Å²) in [5.41, 5.74) is 7.16. The van der Waals surface area contributed by atoms with Crippen molar-refractivity contribution in [3.8, 4) is 0 Å². The highest BCUT2D eigenvalue weighted by molar-refractivity contribution is 6.33. The van der Waals surface area contributed by atoms with E-state index in [0.29, 0.717) is 17.1 Å². The molecule has 0 fully saturated rings. The average Bonchev–Trinajstić information content (AvgIpc) is 2.10. The maximum Gasteiger partial charge on any atom is 0.0765 e. The minimum atomic E-state index is -0.337. The third-order valence-electron chi connectivity index (χ3n) is 2.13. The summed E-state index contributed by atoms with van der Waals surface area (Å²) in [6.07, 6.45) is 0.321. The lowest BCUT2D eigenvalue weighted by atomic mass is 10.1. The number of hydrogen-bond donors (Lipinski definition) is 3. The van der Waals surface area contributed by atoms with Crippen LogP contribution in [0.2, 0.25) is 5.02 Å². The van der Waals surface area contributed by atoms with Crippen LogP contribution in [0.5, 0.6) is 0 Å². The van der Waals surface area contributed by atoms with Crippen LogP contribution >= 0.6 is 11.6 Å². The van der Waals surface area contributed by atoms with E-state index < -0.39 is 0 Å². The van der Waals surface area contributed by atoms with E-state index in [-0.39, 0.29) is 12.1 Å². The number of anilines is 2. The lowest BCUT2D eigenvalue weighted by molar-refractivity contribution is 0.179. The number of halogens is 1. The largest absolute Gasteiger partial charge is 0.397 e. The summed E-state index contributed by atoms with van der Waals surface area (Å²) in [6, 6.07) is 5.52. The molecule has 2 atom stereocenters. The van der Waals surface area contributed by atoms with Gasteiger partial charge in [0.05, 0.1) is 22.5 Å². The number of nitrogen functional groups attached to an aromatic ring is 1. The number of aliphatic hydroxyl groups excluding tert-OH is 1. The van der Waals surface area contributed by atoms with Crippen LogP contribution < -0.4 is 11.1 Å². The second-order valence-electron chi connectivity index (χ2n) is 3.83. The van der Waals surface area contributed by atoms with Crippen molar-refractivity contribution in [1.82, 2.24) is 0 Å². The first-order chi connectivity index (χ1) is 7.00. The van der Waals surface area contributed by atoms with Gasteiger partial charge in [-0.05, 0) is 32.4 Å². The predicted molar refractivity (Wildman–Crippen MR) is 65.2 cm³/mol. The molecule has 4 N–H and O–H groups in total. The molecule has 0 radical (unpaired) electrons. The zero-order valence-electron chi connectivity index (χ0n) is 9.00.